The first-order valence-electron chi connectivity index (χ1n) is 11.2. The van der Waals surface area contributed by atoms with Crippen LogP contribution in [0.3, 0.4) is 0 Å². The van der Waals surface area contributed by atoms with Gasteiger partial charge in [-0.05, 0) is 63.6 Å². The van der Waals surface area contributed by atoms with Crippen molar-refractivity contribution in [3.8, 4) is 0 Å². The molecule has 1 rings (SSSR count). The van der Waals surface area contributed by atoms with Gasteiger partial charge in [-0.2, -0.15) is 0 Å². The maximum Gasteiger partial charge on any atom is 0.312 e. The lowest BCUT2D eigenvalue weighted by atomic mass is 9.88. The Morgan fingerprint density at radius 2 is 1.68 bits per heavy atom. The van der Waals surface area contributed by atoms with Crippen LogP contribution in [0.5, 0.6) is 0 Å². The van der Waals surface area contributed by atoms with E-state index in [9.17, 15) is 14.4 Å². The second-order valence-corrected chi connectivity index (χ2v) is 9.46. The molecule has 0 aliphatic heterocycles. The van der Waals surface area contributed by atoms with Gasteiger partial charge in [-0.25, -0.2) is 4.79 Å². The molecule has 7 heteroatoms. The van der Waals surface area contributed by atoms with Crippen LogP contribution in [0.15, 0.2) is 24.3 Å². The molecule has 1 aromatic rings. The number of nitrogens with one attached hydrogen (secondary N) is 3. The van der Waals surface area contributed by atoms with Gasteiger partial charge in [0.15, 0.2) is 5.78 Å². The predicted octanol–water partition coefficient (Wildman–Crippen LogP) is 3.62. The molecule has 0 heterocycles. The first-order valence-corrected chi connectivity index (χ1v) is 11.2. The van der Waals surface area contributed by atoms with E-state index in [0.29, 0.717) is 25.1 Å². The lowest BCUT2D eigenvalue weighted by Gasteiger charge is -2.31. The van der Waals surface area contributed by atoms with E-state index in [1.807, 2.05) is 58.9 Å². The molecule has 0 radical (unpaired) electrons. The molecule has 5 N–H and O–H groups in total. The van der Waals surface area contributed by atoms with Gasteiger partial charge in [0.2, 0.25) is 5.91 Å². The second-order valence-electron chi connectivity index (χ2n) is 9.46. The molecule has 31 heavy (non-hydrogen) atoms. The number of carbonyl (C=O) groups excluding carboxylic acids is 3. The third kappa shape index (κ3) is 10.4. The number of anilines is 1. The Labute approximate surface area is 186 Å². The summed E-state index contributed by atoms with van der Waals surface area (Å²) in [5, 5.41) is 8.87. The zero-order chi connectivity index (χ0) is 23.6. The van der Waals surface area contributed by atoms with E-state index in [1.54, 1.807) is 0 Å². The quantitative estimate of drug-likeness (QED) is 0.378. The number of primary amides is 1. The first kappa shape index (κ1) is 26.6. The molecule has 3 amide bonds. The molecule has 0 aromatic heterocycles. The Hall–Kier alpha value is -2.41. The van der Waals surface area contributed by atoms with E-state index in [4.69, 9.17) is 5.73 Å². The van der Waals surface area contributed by atoms with E-state index in [2.05, 4.69) is 22.9 Å². The van der Waals surface area contributed by atoms with Crippen molar-refractivity contribution < 1.29 is 14.4 Å². The first-order chi connectivity index (χ1) is 14.4. The predicted molar refractivity (Wildman–Crippen MR) is 126 cm³/mol. The summed E-state index contributed by atoms with van der Waals surface area (Å²) in [4.78, 5) is 37.1. The van der Waals surface area contributed by atoms with E-state index in [0.717, 1.165) is 6.42 Å². The number of hydrogen-bond acceptors (Lipinski definition) is 4. The van der Waals surface area contributed by atoms with Gasteiger partial charge in [-0.15, -0.1) is 0 Å². The number of rotatable bonds is 12. The number of ketones is 1. The van der Waals surface area contributed by atoms with Gasteiger partial charge >= 0.3 is 6.03 Å². The standard InChI is InChI=1S/C24H40N4O3/c1-7-17-10-12-19(13-11-17)27-22(30)18(9-8-14-26-23(25)31)15-20(29)21(16(2)3)28-24(4,5)6/h10-13,16,18,21,28H,7-9,14-15H2,1-6H3,(H,27,30)(H3,25,26,31)/t18-,21?/m1/s1. The van der Waals surface area contributed by atoms with E-state index in [-0.39, 0.29) is 35.6 Å². The van der Waals surface area contributed by atoms with Crippen LogP contribution < -0.4 is 21.7 Å². The van der Waals surface area contributed by atoms with Gasteiger partial charge < -0.3 is 21.7 Å². The van der Waals surface area contributed by atoms with Crippen LogP contribution in [-0.4, -0.2) is 35.8 Å². The number of nitrogens with two attached hydrogens (primary N) is 1. The fourth-order valence-corrected chi connectivity index (χ4v) is 3.41. The minimum absolute atomic E-state index is 0.0225. The zero-order valence-corrected chi connectivity index (χ0v) is 19.9. The van der Waals surface area contributed by atoms with Crippen LogP contribution in [0, 0.1) is 11.8 Å². The number of aryl methyl sites for hydroxylation is 1. The average Bonchev–Trinajstić information content (AvgIpc) is 2.67. The van der Waals surface area contributed by atoms with Gasteiger partial charge in [-0.3, -0.25) is 9.59 Å². The Morgan fingerprint density at radius 3 is 2.16 bits per heavy atom. The molecule has 0 saturated carbocycles. The molecule has 0 bridgehead atoms. The molecule has 0 spiro atoms. The molecule has 174 valence electrons. The van der Waals surface area contributed by atoms with Crippen LogP contribution in [-0.2, 0) is 16.0 Å². The van der Waals surface area contributed by atoms with Crippen molar-refractivity contribution in [2.45, 2.75) is 78.8 Å². The molecule has 1 aromatic carbocycles. The number of carbonyl (C=O) groups is 3. The van der Waals surface area contributed by atoms with Crippen molar-refractivity contribution in [2.24, 2.45) is 17.6 Å². The molecule has 0 fully saturated rings. The lowest BCUT2D eigenvalue weighted by molar-refractivity contribution is -0.128. The van der Waals surface area contributed by atoms with Crippen LogP contribution in [0.2, 0.25) is 0 Å². The largest absolute Gasteiger partial charge is 0.352 e. The number of urea groups is 1. The van der Waals surface area contributed by atoms with Crippen molar-refractivity contribution in [1.29, 1.82) is 0 Å². The van der Waals surface area contributed by atoms with E-state index >= 15 is 0 Å². The molecule has 0 aliphatic rings. The summed E-state index contributed by atoms with van der Waals surface area (Å²) in [7, 11) is 0. The van der Waals surface area contributed by atoms with Crippen LogP contribution in [0.25, 0.3) is 0 Å². The molecular weight excluding hydrogens is 392 g/mol. The van der Waals surface area contributed by atoms with Gasteiger partial charge in [0.05, 0.1) is 6.04 Å². The normalized spacial score (nSPS) is 13.5. The third-order valence-electron chi connectivity index (χ3n) is 5.08. The number of Topliss-reactive ketones (excluding diaryl/α,β-unsaturated/α-hetero) is 1. The highest BCUT2D eigenvalue weighted by Crippen LogP contribution is 2.20. The van der Waals surface area contributed by atoms with Crippen molar-refractivity contribution >= 4 is 23.4 Å². The fraction of sp³-hybridized carbons (Fsp3) is 0.625. The Morgan fingerprint density at radius 1 is 1.06 bits per heavy atom. The minimum atomic E-state index is -0.595. The summed E-state index contributed by atoms with van der Waals surface area (Å²) < 4.78 is 0. The second kappa shape index (κ2) is 12.4. The molecular formula is C24H40N4O3. The average molecular weight is 433 g/mol. The summed E-state index contributed by atoms with van der Waals surface area (Å²) in [5.41, 5.74) is 6.80. The molecule has 2 atom stereocenters. The van der Waals surface area contributed by atoms with Gasteiger partial charge in [0.25, 0.3) is 0 Å². The topological polar surface area (TPSA) is 113 Å². The van der Waals surface area contributed by atoms with Crippen molar-refractivity contribution in [3.05, 3.63) is 29.8 Å². The Bertz CT molecular complexity index is 723. The maximum atomic E-state index is 13.1. The van der Waals surface area contributed by atoms with Crippen molar-refractivity contribution in [1.82, 2.24) is 10.6 Å². The summed E-state index contributed by atoms with van der Waals surface area (Å²) in [6, 6.07) is 6.79. The lowest BCUT2D eigenvalue weighted by Crippen LogP contribution is -2.51. The fourth-order valence-electron chi connectivity index (χ4n) is 3.41. The third-order valence-corrected chi connectivity index (χ3v) is 5.08. The van der Waals surface area contributed by atoms with Crippen LogP contribution >= 0.6 is 0 Å². The molecule has 7 nitrogen and oxygen atoms in total. The number of benzene rings is 1. The minimum Gasteiger partial charge on any atom is -0.352 e. The van der Waals surface area contributed by atoms with Gasteiger partial charge in [0, 0.05) is 30.1 Å². The van der Waals surface area contributed by atoms with Crippen LogP contribution in [0.4, 0.5) is 10.5 Å². The summed E-state index contributed by atoms with van der Waals surface area (Å²) >= 11 is 0. The highest BCUT2D eigenvalue weighted by Gasteiger charge is 2.30. The van der Waals surface area contributed by atoms with Gasteiger partial charge in [0.1, 0.15) is 0 Å². The smallest absolute Gasteiger partial charge is 0.312 e. The monoisotopic (exact) mass is 432 g/mol. The van der Waals surface area contributed by atoms with Crippen molar-refractivity contribution in [2.75, 3.05) is 11.9 Å². The maximum absolute atomic E-state index is 13.1. The van der Waals surface area contributed by atoms with E-state index in [1.165, 1.54) is 5.56 Å². The number of hydrogen-bond donors (Lipinski definition) is 4. The Kier molecular flexibility index (Phi) is 10.7. The SMILES string of the molecule is CCc1ccc(NC(=O)[C@H](CCCNC(N)=O)CC(=O)C(NC(C)(C)C)C(C)C)cc1. The van der Waals surface area contributed by atoms with Gasteiger partial charge in [-0.1, -0.05) is 32.9 Å². The number of amides is 3. The Balaban J connectivity index is 2.90. The highest BCUT2D eigenvalue weighted by atomic mass is 16.2. The molecule has 0 aliphatic carbocycles. The zero-order valence-electron chi connectivity index (χ0n) is 19.9. The molecule has 0 saturated heterocycles. The summed E-state index contributed by atoms with van der Waals surface area (Å²) in [5.74, 6) is -0.547. The highest BCUT2D eigenvalue weighted by molar-refractivity contribution is 5.96. The van der Waals surface area contributed by atoms with Crippen LogP contribution in [0.1, 0.15) is 66.4 Å². The van der Waals surface area contributed by atoms with E-state index < -0.39 is 11.9 Å². The summed E-state index contributed by atoms with van der Waals surface area (Å²) in [6.45, 7) is 12.5. The summed E-state index contributed by atoms with van der Waals surface area (Å²) in [6.07, 6.45) is 2.10. The molecule has 1 unspecified atom stereocenters. The van der Waals surface area contributed by atoms with Crippen molar-refractivity contribution in [3.63, 3.8) is 0 Å².